The van der Waals surface area contributed by atoms with Gasteiger partial charge in [0.05, 0.1) is 29.0 Å². The van der Waals surface area contributed by atoms with Crippen molar-refractivity contribution in [3.05, 3.63) is 70.6 Å². The van der Waals surface area contributed by atoms with Crippen molar-refractivity contribution in [2.45, 2.75) is 78.2 Å². The molecule has 1 heterocycles. The number of imidazole rings is 1. The van der Waals surface area contributed by atoms with Crippen molar-refractivity contribution >= 4 is 23.6 Å². The highest BCUT2D eigenvalue weighted by Crippen LogP contribution is 2.27. The molecule has 41 heavy (non-hydrogen) atoms. The second-order valence-electron chi connectivity index (χ2n) is 10.6. The highest BCUT2D eigenvalue weighted by atomic mass is 35.5. The number of aryl methyl sites for hydroxylation is 1. The molecule has 3 rings (SSSR count). The quantitative estimate of drug-likeness (QED) is 0.233. The average Bonchev–Trinajstić information content (AvgIpc) is 3.29. The zero-order chi connectivity index (χ0) is 30.1. The Bertz CT molecular complexity index is 1310. The first-order valence-corrected chi connectivity index (χ1v) is 14.4. The second kappa shape index (κ2) is 14.9. The van der Waals surface area contributed by atoms with Crippen molar-refractivity contribution in [3.63, 3.8) is 0 Å². The summed E-state index contributed by atoms with van der Waals surface area (Å²) in [6.07, 6.45) is 2.84. The van der Waals surface area contributed by atoms with E-state index in [4.69, 9.17) is 26.1 Å². The summed E-state index contributed by atoms with van der Waals surface area (Å²) in [5.41, 5.74) is 3.14. The molecule has 2 amide bonds. The standard InChI is InChI=1S/C31H41ClN4O5/c1-7-26(35-31(39)41-20(4)5)29-34-27(18-36(29)6)22-10-8-21(9-11-22)16-24(14-15-37)33-30(38)23-12-13-28(25(32)17-23)40-19(2)3/h8-13,17-20,24,26,37H,7,14-16H2,1-6H3,(H,33,38)(H,35,39)/t24-,26-/m1/s1. The SMILES string of the molecule is CC[C@@H](NC(=O)OC(C)C)c1nc(-c2ccc(C[C@@H](CCO)NC(=O)c3ccc(OC(C)C)c(Cl)c3)cc2)cn1C. The average molecular weight is 585 g/mol. The number of nitrogens with zero attached hydrogens (tertiary/aromatic N) is 2. The van der Waals surface area contributed by atoms with Crippen LogP contribution in [-0.4, -0.2) is 51.5 Å². The van der Waals surface area contributed by atoms with E-state index < -0.39 is 6.09 Å². The van der Waals surface area contributed by atoms with Crippen molar-refractivity contribution in [1.82, 2.24) is 20.2 Å². The van der Waals surface area contributed by atoms with E-state index in [2.05, 4.69) is 10.6 Å². The molecule has 3 N–H and O–H groups in total. The predicted octanol–water partition coefficient (Wildman–Crippen LogP) is 5.84. The van der Waals surface area contributed by atoms with Crippen LogP contribution < -0.4 is 15.4 Å². The number of aromatic nitrogens is 2. The van der Waals surface area contributed by atoms with Crippen LogP contribution >= 0.6 is 11.6 Å². The van der Waals surface area contributed by atoms with E-state index in [9.17, 15) is 14.7 Å². The van der Waals surface area contributed by atoms with Crippen molar-refractivity contribution in [2.24, 2.45) is 7.05 Å². The lowest BCUT2D eigenvalue weighted by Crippen LogP contribution is -2.37. The Hall–Kier alpha value is -3.56. The lowest BCUT2D eigenvalue weighted by molar-refractivity contribution is 0.0929. The summed E-state index contributed by atoms with van der Waals surface area (Å²) in [5.74, 6) is 0.998. The Morgan fingerprint density at radius 1 is 1.05 bits per heavy atom. The first-order valence-electron chi connectivity index (χ1n) is 14.0. The number of hydrogen-bond acceptors (Lipinski definition) is 6. The van der Waals surface area contributed by atoms with Crippen LogP contribution in [0.15, 0.2) is 48.7 Å². The van der Waals surface area contributed by atoms with Crippen molar-refractivity contribution in [1.29, 1.82) is 0 Å². The van der Waals surface area contributed by atoms with Gasteiger partial charge in [0.15, 0.2) is 0 Å². The predicted molar refractivity (Wildman–Crippen MR) is 160 cm³/mol. The lowest BCUT2D eigenvalue weighted by atomic mass is 10.0. The molecule has 0 bridgehead atoms. The molecule has 0 spiro atoms. The van der Waals surface area contributed by atoms with E-state index >= 15 is 0 Å². The molecule has 0 radical (unpaired) electrons. The van der Waals surface area contributed by atoms with E-state index in [0.717, 1.165) is 22.6 Å². The van der Waals surface area contributed by atoms with Crippen LogP contribution in [0.1, 0.15) is 75.2 Å². The van der Waals surface area contributed by atoms with Crippen LogP contribution in [0, 0.1) is 0 Å². The van der Waals surface area contributed by atoms with Gasteiger partial charge < -0.3 is 29.8 Å². The number of amides is 2. The van der Waals surface area contributed by atoms with Crippen LogP contribution in [-0.2, 0) is 18.2 Å². The molecule has 0 aliphatic heterocycles. The number of aliphatic hydroxyl groups excluding tert-OH is 1. The van der Waals surface area contributed by atoms with Crippen molar-refractivity contribution < 1.29 is 24.2 Å². The number of hydrogen-bond donors (Lipinski definition) is 3. The minimum atomic E-state index is -0.467. The number of ether oxygens (including phenoxy) is 2. The first-order chi connectivity index (χ1) is 19.5. The second-order valence-corrected chi connectivity index (χ2v) is 11.0. The molecule has 222 valence electrons. The summed E-state index contributed by atoms with van der Waals surface area (Å²) in [7, 11) is 1.90. The van der Waals surface area contributed by atoms with Gasteiger partial charge in [-0.3, -0.25) is 4.79 Å². The maximum Gasteiger partial charge on any atom is 0.407 e. The third-order valence-electron chi connectivity index (χ3n) is 6.37. The van der Waals surface area contributed by atoms with Gasteiger partial charge in [-0.2, -0.15) is 0 Å². The number of rotatable bonds is 13. The molecule has 1 aromatic heterocycles. The fraction of sp³-hybridized carbons (Fsp3) is 0.452. The van der Waals surface area contributed by atoms with Crippen LogP contribution in [0.25, 0.3) is 11.3 Å². The molecule has 2 atom stereocenters. The van der Waals surface area contributed by atoms with Crippen LogP contribution in [0.4, 0.5) is 4.79 Å². The molecular formula is C31H41ClN4O5. The minimum absolute atomic E-state index is 0.0298. The van der Waals surface area contributed by atoms with Gasteiger partial charge in [-0.15, -0.1) is 0 Å². The molecule has 0 aliphatic carbocycles. The number of benzene rings is 2. The van der Waals surface area contributed by atoms with E-state index in [1.54, 1.807) is 32.0 Å². The van der Waals surface area contributed by atoms with Gasteiger partial charge in [-0.05, 0) is 70.7 Å². The molecule has 0 aliphatic rings. The highest BCUT2D eigenvalue weighted by Gasteiger charge is 2.21. The monoisotopic (exact) mass is 584 g/mol. The molecule has 2 aromatic carbocycles. The van der Waals surface area contributed by atoms with Crippen LogP contribution in [0.5, 0.6) is 5.75 Å². The van der Waals surface area contributed by atoms with Gasteiger partial charge >= 0.3 is 6.09 Å². The fourth-order valence-corrected chi connectivity index (χ4v) is 4.65. The Morgan fingerprint density at radius 3 is 2.34 bits per heavy atom. The molecule has 0 saturated carbocycles. The maximum atomic E-state index is 12.9. The van der Waals surface area contributed by atoms with E-state index in [1.807, 2.05) is 62.8 Å². The van der Waals surface area contributed by atoms with Gasteiger partial charge in [-0.25, -0.2) is 9.78 Å². The Labute approximate surface area is 247 Å². The van der Waals surface area contributed by atoms with Crippen LogP contribution in [0.3, 0.4) is 0 Å². The molecular weight excluding hydrogens is 544 g/mol. The fourth-order valence-electron chi connectivity index (χ4n) is 4.42. The Morgan fingerprint density at radius 2 is 1.76 bits per heavy atom. The van der Waals surface area contributed by atoms with Crippen LogP contribution in [0.2, 0.25) is 5.02 Å². The van der Waals surface area contributed by atoms with E-state index in [1.165, 1.54) is 0 Å². The van der Waals surface area contributed by atoms with Gasteiger partial charge in [0, 0.05) is 37.0 Å². The Kier molecular flexibility index (Phi) is 11.6. The van der Waals surface area contributed by atoms with Crippen molar-refractivity contribution in [2.75, 3.05) is 6.61 Å². The zero-order valence-electron chi connectivity index (χ0n) is 24.6. The largest absolute Gasteiger partial charge is 0.489 e. The summed E-state index contributed by atoms with van der Waals surface area (Å²) in [5, 5.41) is 15.9. The minimum Gasteiger partial charge on any atom is -0.489 e. The first kappa shape index (κ1) is 32.0. The molecule has 0 unspecified atom stereocenters. The number of carbonyl (C=O) groups excluding carboxylic acids is 2. The molecule has 0 fully saturated rings. The summed E-state index contributed by atoms with van der Waals surface area (Å²) in [4.78, 5) is 29.9. The number of aliphatic hydroxyl groups is 1. The maximum absolute atomic E-state index is 12.9. The molecule has 0 saturated heterocycles. The third-order valence-corrected chi connectivity index (χ3v) is 6.66. The number of alkyl carbamates (subject to hydrolysis) is 1. The molecule has 3 aromatic rings. The normalized spacial score (nSPS) is 12.7. The van der Waals surface area contributed by atoms with Gasteiger partial charge in [0.1, 0.15) is 11.6 Å². The molecule has 10 heteroatoms. The van der Waals surface area contributed by atoms with Gasteiger partial charge in [0.25, 0.3) is 5.91 Å². The van der Waals surface area contributed by atoms with E-state index in [-0.39, 0.29) is 36.8 Å². The van der Waals surface area contributed by atoms with Gasteiger partial charge in [0.2, 0.25) is 0 Å². The summed E-state index contributed by atoms with van der Waals surface area (Å²) >= 11 is 6.31. The highest BCUT2D eigenvalue weighted by molar-refractivity contribution is 6.32. The summed E-state index contributed by atoms with van der Waals surface area (Å²) < 4.78 is 12.8. The summed E-state index contributed by atoms with van der Waals surface area (Å²) in [6, 6.07) is 12.3. The lowest BCUT2D eigenvalue weighted by Gasteiger charge is -2.19. The Balaban J connectivity index is 1.68. The molecule has 9 nitrogen and oxygen atoms in total. The smallest absolute Gasteiger partial charge is 0.407 e. The topological polar surface area (TPSA) is 115 Å². The van der Waals surface area contributed by atoms with Gasteiger partial charge in [-0.1, -0.05) is 42.8 Å². The van der Waals surface area contributed by atoms with Crippen molar-refractivity contribution in [3.8, 4) is 17.0 Å². The number of halogens is 1. The summed E-state index contributed by atoms with van der Waals surface area (Å²) in [6.45, 7) is 9.35. The van der Waals surface area contributed by atoms with E-state index in [0.29, 0.717) is 35.6 Å². The number of carbonyl (C=O) groups is 2. The number of nitrogens with one attached hydrogen (secondary N) is 2. The zero-order valence-corrected chi connectivity index (χ0v) is 25.4. The third kappa shape index (κ3) is 9.23.